The van der Waals surface area contributed by atoms with Crippen molar-refractivity contribution in [3.63, 3.8) is 0 Å². The van der Waals surface area contributed by atoms with Crippen LogP contribution < -0.4 is 5.32 Å². The van der Waals surface area contributed by atoms with E-state index in [0.717, 1.165) is 60.2 Å². The van der Waals surface area contributed by atoms with Crippen LogP contribution in [0.4, 0.5) is 5.69 Å². The Balaban J connectivity index is 1.37. The molecule has 4 rings (SSSR count). The molecule has 1 saturated heterocycles. The van der Waals surface area contributed by atoms with Crippen LogP contribution in [-0.2, 0) is 11.3 Å². The van der Waals surface area contributed by atoms with Gasteiger partial charge in [-0.3, -0.25) is 9.69 Å². The number of anilines is 1. The lowest BCUT2D eigenvalue weighted by molar-refractivity contribution is -0.121. The van der Waals surface area contributed by atoms with Gasteiger partial charge in [0, 0.05) is 29.7 Å². The van der Waals surface area contributed by atoms with Gasteiger partial charge in [-0.2, -0.15) is 5.10 Å². The molecule has 146 valence electrons. The van der Waals surface area contributed by atoms with Gasteiger partial charge in [0.15, 0.2) is 0 Å². The summed E-state index contributed by atoms with van der Waals surface area (Å²) in [5, 5.41) is 10.7. The van der Waals surface area contributed by atoms with Gasteiger partial charge < -0.3 is 5.32 Å². The number of nitrogens with zero attached hydrogens (tertiary/aromatic N) is 4. The van der Waals surface area contributed by atoms with Crippen molar-refractivity contribution in [1.29, 1.82) is 0 Å². The van der Waals surface area contributed by atoms with Crippen LogP contribution in [0.2, 0.25) is 0 Å². The molecule has 2 aromatic heterocycles. The van der Waals surface area contributed by atoms with Gasteiger partial charge >= 0.3 is 0 Å². The van der Waals surface area contributed by atoms with E-state index in [2.05, 4.69) is 25.7 Å². The summed E-state index contributed by atoms with van der Waals surface area (Å²) < 4.78 is 1.86. The smallest absolute Gasteiger partial charge is 0.227 e. The minimum atomic E-state index is 0.0418. The van der Waals surface area contributed by atoms with Crippen LogP contribution in [0.25, 0.3) is 5.69 Å². The number of likely N-dealkylation sites (tertiary alicyclic amines) is 1. The number of hydrogen-bond donors (Lipinski definition) is 1. The molecule has 7 heteroatoms. The Bertz CT molecular complexity index is 955. The Labute approximate surface area is 169 Å². The van der Waals surface area contributed by atoms with Crippen LogP contribution in [0.5, 0.6) is 0 Å². The third kappa shape index (κ3) is 4.15. The summed E-state index contributed by atoms with van der Waals surface area (Å²) in [5.41, 5.74) is 3.87. The highest BCUT2D eigenvalue weighted by atomic mass is 32.1. The number of aryl methyl sites for hydroxylation is 2. The van der Waals surface area contributed by atoms with E-state index in [9.17, 15) is 4.79 Å². The fourth-order valence-corrected chi connectivity index (χ4v) is 4.29. The third-order valence-electron chi connectivity index (χ3n) is 5.23. The summed E-state index contributed by atoms with van der Waals surface area (Å²) in [4.78, 5) is 19.8. The first kappa shape index (κ1) is 18.8. The number of amides is 1. The van der Waals surface area contributed by atoms with Crippen molar-refractivity contribution in [2.24, 2.45) is 5.92 Å². The monoisotopic (exact) mass is 395 g/mol. The molecule has 1 amide bonds. The first-order valence-electron chi connectivity index (χ1n) is 9.64. The molecule has 0 unspecified atom stereocenters. The van der Waals surface area contributed by atoms with Gasteiger partial charge in [-0.05, 0) is 58.0 Å². The summed E-state index contributed by atoms with van der Waals surface area (Å²) in [6.07, 6.45) is 3.52. The number of benzene rings is 1. The molecule has 0 saturated carbocycles. The molecule has 3 heterocycles. The van der Waals surface area contributed by atoms with Crippen LogP contribution in [-0.4, -0.2) is 38.7 Å². The lowest BCUT2D eigenvalue weighted by Crippen LogP contribution is -2.38. The molecular weight excluding hydrogens is 370 g/mol. The first-order valence-corrected chi connectivity index (χ1v) is 10.5. The van der Waals surface area contributed by atoms with Crippen LogP contribution in [0, 0.1) is 19.8 Å². The average molecular weight is 396 g/mol. The topological polar surface area (TPSA) is 63.1 Å². The van der Waals surface area contributed by atoms with Crippen molar-refractivity contribution in [3.8, 4) is 5.69 Å². The molecule has 0 radical (unpaired) electrons. The highest BCUT2D eigenvalue weighted by Crippen LogP contribution is 2.25. The average Bonchev–Trinajstić information content (AvgIpc) is 3.31. The molecular formula is C21H25N5OS. The molecule has 0 bridgehead atoms. The predicted octanol–water partition coefficient (Wildman–Crippen LogP) is 3.80. The third-order valence-corrected chi connectivity index (χ3v) is 6.05. The van der Waals surface area contributed by atoms with E-state index >= 15 is 0 Å². The standard InChI is InChI=1S/C21H25N5OS/c1-15-7-10-22-26(15)20-6-4-3-5-19(20)24-21(27)17-8-11-25(12-9-17)13-18-14-28-16(2)23-18/h3-7,10,14,17H,8-9,11-13H2,1-2H3,(H,24,27). The van der Waals surface area contributed by atoms with Gasteiger partial charge in [-0.25, -0.2) is 9.67 Å². The number of thiazole rings is 1. The normalized spacial score (nSPS) is 15.6. The number of carbonyl (C=O) groups excluding carboxylic acids is 1. The number of hydrogen-bond acceptors (Lipinski definition) is 5. The molecule has 0 atom stereocenters. The van der Waals surface area contributed by atoms with E-state index in [1.807, 2.05) is 48.9 Å². The number of rotatable bonds is 5. The molecule has 6 nitrogen and oxygen atoms in total. The van der Waals surface area contributed by atoms with Crippen LogP contribution in [0.15, 0.2) is 41.9 Å². The molecule has 0 spiro atoms. The van der Waals surface area contributed by atoms with Gasteiger partial charge in [0.2, 0.25) is 5.91 Å². The Kier molecular flexibility index (Phi) is 5.54. The Hall–Kier alpha value is -2.51. The summed E-state index contributed by atoms with van der Waals surface area (Å²) in [6, 6.07) is 9.78. The van der Waals surface area contributed by atoms with Gasteiger partial charge in [-0.15, -0.1) is 11.3 Å². The minimum Gasteiger partial charge on any atom is -0.324 e. The van der Waals surface area contributed by atoms with E-state index in [4.69, 9.17) is 0 Å². The Morgan fingerprint density at radius 1 is 1.21 bits per heavy atom. The second kappa shape index (κ2) is 8.24. The predicted molar refractivity (Wildman–Crippen MR) is 112 cm³/mol. The molecule has 0 aliphatic carbocycles. The number of piperidine rings is 1. The van der Waals surface area contributed by atoms with Crippen molar-refractivity contribution in [2.45, 2.75) is 33.2 Å². The number of nitrogens with one attached hydrogen (secondary N) is 1. The first-order chi connectivity index (χ1) is 13.6. The Morgan fingerprint density at radius 2 is 2.00 bits per heavy atom. The summed E-state index contributed by atoms with van der Waals surface area (Å²) >= 11 is 1.69. The largest absolute Gasteiger partial charge is 0.324 e. The van der Waals surface area contributed by atoms with Crippen molar-refractivity contribution >= 4 is 22.9 Å². The summed E-state index contributed by atoms with van der Waals surface area (Å²) in [7, 11) is 0. The maximum absolute atomic E-state index is 12.9. The van der Waals surface area contributed by atoms with Crippen molar-refractivity contribution in [1.82, 2.24) is 19.7 Å². The van der Waals surface area contributed by atoms with Crippen molar-refractivity contribution in [3.05, 3.63) is 58.3 Å². The molecule has 1 fully saturated rings. The quantitative estimate of drug-likeness (QED) is 0.714. The number of para-hydroxylation sites is 2. The molecule has 1 aliphatic heterocycles. The zero-order chi connectivity index (χ0) is 19.5. The van der Waals surface area contributed by atoms with E-state index in [1.165, 1.54) is 0 Å². The second-order valence-electron chi connectivity index (χ2n) is 7.30. The van der Waals surface area contributed by atoms with Crippen LogP contribution in [0.3, 0.4) is 0 Å². The lowest BCUT2D eigenvalue weighted by atomic mass is 9.95. The summed E-state index contributed by atoms with van der Waals surface area (Å²) in [6.45, 7) is 6.77. The van der Waals surface area contributed by atoms with Gasteiger partial charge in [0.25, 0.3) is 0 Å². The Morgan fingerprint density at radius 3 is 2.68 bits per heavy atom. The van der Waals surface area contributed by atoms with Crippen molar-refractivity contribution in [2.75, 3.05) is 18.4 Å². The van der Waals surface area contributed by atoms with E-state index in [-0.39, 0.29) is 11.8 Å². The maximum Gasteiger partial charge on any atom is 0.227 e. The second-order valence-corrected chi connectivity index (χ2v) is 8.36. The van der Waals surface area contributed by atoms with Crippen molar-refractivity contribution < 1.29 is 4.79 Å². The van der Waals surface area contributed by atoms with E-state index in [0.29, 0.717) is 0 Å². The molecule has 1 N–H and O–H groups in total. The fourth-order valence-electron chi connectivity index (χ4n) is 3.68. The fraction of sp³-hybridized carbons (Fsp3) is 0.381. The van der Waals surface area contributed by atoms with Gasteiger partial charge in [0.05, 0.1) is 22.1 Å². The van der Waals surface area contributed by atoms with Crippen LogP contribution in [0.1, 0.15) is 29.2 Å². The summed E-state index contributed by atoms with van der Waals surface area (Å²) in [5.74, 6) is 0.140. The highest BCUT2D eigenvalue weighted by molar-refractivity contribution is 7.09. The minimum absolute atomic E-state index is 0.0418. The lowest BCUT2D eigenvalue weighted by Gasteiger charge is -2.30. The van der Waals surface area contributed by atoms with E-state index in [1.54, 1.807) is 17.5 Å². The number of carbonyl (C=O) groups is 1. The zero-order valence-corrected chi connectivity index (χ0v) is 17.1. The molecule has 28 heavy (non-hydrogen) atoms. The SMILES string of the molecule is Cc1nc(CN2CCC(C(=O)Nc3ccccc3-n3nccc3C)CC2)cs1. The van der Waals surface area contributed by atoms with Gasteiger partial charge in [-0.1, -0.05) is 12.1 Å². The number of aromatic nitrogens is 3. The van der Waals surface area contributed by atoms with Crippen LogP contribution >= 0.6 is 11.3 Å². The maximum atomic E-state index is 12.9. The highest BCUT2D eigenvalue weighted by Gasteiger charge is 2.26. The van der Waals surface area contributed by atoms with E-state index < -0.39 is 0 Å². The molecule has 1 aliphatic rings. The molecule has 1 aromatic carbocycles. The zero-order valence-electron chi connectivity index (χ0n) is 16.3. The van der Waals surface area contributed by atoms with Gasteiger partial charge in [0.1, 0.15) is 0 Å². The molecule has 3 aromatic rings.